The minimum Gasteiger partial charge on any atom is -0.484 e. The maximum atomic E-state index is 13.1. The average Bonchev–Trinajstić information content (AvgIpc) is 2.49. The van der Waals surface area contributed by atoms with Crippen LogP contribution in [0.4, 0.5) is 15.8 Å². The molecule has 0 aliphatic rings. The van der Waals surface area contributed by atoms with Crippen molar-refractivity contribution in [2.24, 2.45) is 0 Å². The maximum Gasteiger partial charge on any atom is 0.273 e. The number of carbonyl (C=O) groups excluding carboxylic acids is 1. The normalized spacial score (nSPS) is 10.1. The van der Waals surface area contributed by atoms with Crippen molar-refractivity contribution in [1.82, 2.24) is 0 Å². The third-order valence-electron chi connectivity index (χ3n) is 2.87. The highest BCUT2D eigenvalue weighted by molar-refractivity contribution is 5.92. The van der Waals surface area contributed by atoms with Crippen LogP contribution in [0.25, 0.3) is 0 Å². The molecule has 0 aliphatic heterocycles. The number of hydrogen-bond donors (Lipinski definition) is 1. The van der Waals surface area contributed by atoms with E-state index in [0.29, 0.717) is 11.3 Å². The largest absolute Gasteiger partial charge is 0.484 e. The van der Waals surface area contributed by atoms with Crippen LogP contribution in [0, 0.1) is 22.9 Å². The molecule has 0 saturated carbocycles. The van der Waals surface area contributed by atoms with E-state index < -0.39 is 16.6 Å². The SMILES string of the molecule is Cc1ccc(F)cc1NC(=O)COc1cccc([N+](=O)[O-])c1. The van der Waals surface area contributed by atoms with Crippen LogP contribution < -0.4 is 10.1 Å². The zero-order valence-electron chi connectivity index (χ0n) is 11.7. The lowest BCUT2D eigenvalue weighted by atomic mass is 10.2. The van der Waals surface area contributed by atoms with Crippen molar-refractivity contribution < 1.29 is 18.8 Å². The molecular formula is C15H13FN2O4. The molecule has 0 spiro atoms. The van der Waals surface area contributed by atoms with Gasteiger partial charge in [-0.05, 0) is 30.7 Å². The number of non-ortho nitro benzene ring substituents is 1. The molecule has 2 aromatic carbocycles. The molecule has 0 aromatic heterocycles. The minimum absolute atomic E-state index is 0.126. The molecular weight excluding hydrogens is 291 g/mol. The van der Waals surface area contributed by atoms with E-state index in [4.69, 9.17) is 4.74 Å². The number of nitro groups is 1. The Morgan fingerprint density at radius 2 is 2.09 bits per heavy atom. The van der Waals surface area contributed by atoms with Gasteiger partial charge in [-0.2, -0.15) is 0 Å². The molecule has 0 unspecified atom stereocenters. The lowest BCUT2D eigenvalue weighted by Gasteiger charge is -2.09. The first-order valence-electron chi connectivity index (χ1n) is 6.39. The van der Waals surface area contributed by atoms with Crippen molar-refractivity contribution in [2.45, 2.75) is 6.92 Å². The van der Waals surface area contributed by atoms with Gasteiger partial charge in [-0.1, -0.05) is 12.1 Å². The van der Waals surface area contributed by atoms with Crippen molar-refractivity contribution in [2.75, 3.05) is 11.9 Å². The van der Waals surface area contributed by atoms with Gasteiger partial charge in [0.25, 0.3) is 11.6 Å². The Labute approximate surface area is 125 Å². The molecule has 114 valence electrons. The van der Waals surface area contributed by atoms with Crippen LogP contribution in [0.1, 0.15) is 5.56 Å². The van der Waals surface area contributed by atoms with E-state index in [9.17, 15) is 19.3 Å². The summed E-state index contributed by atoms with van der Waals surface area (Å²) >= 11 is 0. The number of ether oxygens (including phenoxy) is 1. The third-order valence-corrected chi connectivity index (χ3v) is 2.87. The molecule has 1 amide bonds. The summed E-state index contributed by atoms with van der Waals surface area (Å²) in [6.45, 7) is 1.40. The van der Waals surface area contributed by atoms with Gasteiger partial charge in [0.1, 0.15) is 11.6 Å². The Bertz CT molecular complexity index is 718. The van der Waals surface area contributed by atoms with E-state index in [0.717, 1.165) is 0 Å². The summed E-state index contributed by atoms with van der Waals surface area (Å²) in [6, 6.07) is 9.57. The van der Waals surface area contributed by atoms with Crippen molar-refractivity contribution in [1.29, 1.82) is 0 Å². The standard InChI is InChI=1S/C15H13FN2O4/c1-10-5-6-11(16)7-14(10)17-15(19)9-22-13-4-2-3-12(8-13)18(20)21/h2-8H,9H2,1H3,(H,17,19). The van der Waals surface area contributed by atoms with Crippen molar-refractivity contribution in [3.8, 4) is 5.75 Å². The van der Waals surface area contributed by atoms with Gasteiger partial charge in [-0.3, -0.25) is 14.9 Å². The Morgan fingerprint density at radius 3 is 2.82 bits per heavy atom. The van der Waals surface area contributed by atoms with Crippen molar-refractivity contribution in [3.05, 3.63) is 64.0 Å². The highest BCUT2D eigenvalue weighted by Gasteiger charge is 2.09. The molecule has 2 aromatic rings. The topological polar surface area (TPSA) is 81.5 Å². The summed E-state index contributed by atoms with van der Waals surface area (Å²) in [7, 11) is 0. The number of carbonyl (C=O) groups is 1. The van der Waals surface area contributed by atoms with Gasteiger partial charge in [0.2, 0.25) is 0 Å². The van der Waals surface area contributed by atoms with Gasteiger partial charge < -0.3 is 10.1 Å². The van der Waals surface area contributed by atoms with E-state index in [-0.39, 0.29) is 18.0 Å². The molecule has 0 saturated heterocycles. The Hall–Kier alpha value is -2.96. The number of nitrogens with one attached hydrogen (secondary N) is 1. The number of amides is 1. The number of aryl methyl sites for hydroxylation is 1. The molecule has 0 fully saturated rings. The predicted molar refractivity (Wildman–Crippen MR) is 78.4 cm³/mol. The lowest BCUT2D eigenvalue weighted by molar-refractivity contribution is -0.384. The first-order valence-corrected chi connectivity index (χ1v) is 6.39. The zero-order chi connectivity index (χ0) is 16.1. The van der Waals surface area contributed by atoms with E-state index in [1.807, 2.05) is 0 Å². The summed E-state index contributed by atoms with van der Waals surface area (Å²) < 4.78 is 18.3. The highest BCUT2D eigenvalue weighted by Crippen LogP contribution is 2.19. The van der Waals surface area contributed by atoms with Crippen LogP contribution in [0.15, 0.2) is 42.5 Å². The summed E-state index contributed by atoms with van der Waals surface area (Å²) in [5, 5.41) is 13.2. The fraction of sp³-hybridized carbons (Fsp3) is 0.133. The second-order valence-electron chi connectivity index (χ2n) is 4.55. The van der Waals surface area contributed by atoms with Crippen LogP contribution in [0.3, 0.4) is 0 Å². The molecule has 7 heteroatoms. The quantitative estimate of drug-likeness (QED) is 0.680. The summed E-state index contributed by atoms with van der Waals surface area (Å²) in [4.78, 5) is 21.9. The monoisotopic (exact) mass is 304 g/mol. The maximum absolute atomic E-state index is 13.1. The van der Waals surface area contributed by atoms with Gasteiger partial charge in [-0.15, -0.1) is 0 Å². The number of benzene rings is 2. The van der Waals surface area contributed by atoms with Gasteiger partial charge >= 0.3 is 0 Å². The first-order chi connectivity index (χ1) is 10.5. The number of halogens is 1. The molecule has 2 rings (SSSR count). The van der Waals surface area contributed by atoms with Crippen molar-refractivity contribution in [3.63, 3.8) is 0 Å². The smallest absolute Gasteiger partial charge is 0.273 e. The van der Waals surface area contributed by atoms with Crippen LogP contribution >= 0.6 is 0 Å². The van der Waals surface area contributed by atoms with E-state index in [2.05, 4.69) is 5.32 Å². The molecule has 6 nitrogen and oxygen atoms in total. The fourth-order valence-electron chi connectivity index (χ4n) is 1.75. The summed E-state index contributed by atoms with van der Waals surface area (Å²) in [5.41, 5.74) is 0.941. The van der Waals surface area contributed by atoms with Gasteiger partial charge in [0.05, 0.1) is 11.0 Å². The van der Waals surface area contributed by atoms with Crippen molar-refractivity contribution >= 4 is 17.3 Å². The van der Waals surface area contributed by atoms with Gasteiger partial charge in [-0.25, -0.2) is 4.39 Å². The lowest BCUT2D eigenvalue weighted by Crippen LogP contribution is -2.20. The van der Waals surface area contributed by atoms with Crippen LogP contribution in [0.2, 0.25) is 0 Å². The first kappa shape index (κ1) is 15.4. The number of rotatable bonds is 5. The molecule has 1 N–H and O–H groups in total. The predicted octanol–water partition coefficient (Wildman–Crippen LogP) is 3.06. The van der Waals surface area contributed by atoms with Gasteiger partial charge in [0.15, 0.2) is 6.61 Å². The number of nitrogens with zero attached hydrogens (tertiary/aromatic N) is 1. The summed E-state index contributed by atoms with van der Waals surface area (Å²) in [5.74, 6) is -0.735. The number of nitro benzene ring substituents is 1. The fourth-order valence-corrected chi connectivity index (χ4v) is 1.75. The molecule has 0 atom stereocenters. The Kier molecular flexibility index (Phi) is 4.67. The molecule has 0 aliphatic carbocycles. The zero-order valence-corrected chi connectivity index (χ0v) is 11.7. The van der Waals surface area contributed by atoms with E-state index in [1.165, 1.54) is 36.4 Å². The van der Waals surface area contributed by atoms with E-state index in [1.54, 1.807) is 13.0 Å². The Morgan fingerprint density at radius 1 is 1.32 bits per heavy atom. The van der Waals surface area contributed by atoms with Crippen LogP contribution in [-0.2, 0) is 4.79 Å². The third kappa shape index (κ3) is 4.02. The molecule has 0 radical (unpaired) electrons. The number of hydrogen-bond acceptors (Lipinski definition) is 4. The molecule has 0 heterocycles. The van der Waals surface area contributed by atoms with Crippen LogP contribution in [-0.4, -0.2) is 17.4 Å². The highest BCUT2D eigenvalue weighted by atomic mass is 19.1. The average molecular weight is 304 g/mol. The minimum atomic E-state index is -0.553. The van der Waals surface area contributed by atoms with E-state index >= 15 is 0 Å². The number of anilines is 1. The Balaban J connectivity index is 1.97. The van der Waals surface area contributed by atoms with Crippen LogP contribution in [0.5, 0.6) is 5.75 Å². The van der Waals surface area contributed by atoms with Gasteiger partial charge in [0, 0.05) is 11.8 Å². The summed E-state index contributed by atoms with van der Waals surface area (Å²) in [6.07, 6.45) is 0. The second kappa shape index (κ2) is 6.66. The molecule has 22 heavy (non-hydrogen) atoms. The second-order valence-corrected chi connectivity index (χ2v) is 4.55. The molecule has 0 bridgehead atoms.